The second-order valence-corrected chi connectivity index (χ2v) is 6.80. The van der Waals surface area contributed by atoms with Gasteiger partial charge in [-0.05, 0) is 61.7 Å². The summed E-state index contributed by atoms with van der Waals surface area (Å²) in [7, 11) is 0. The molecule has 0 aromatic heterocycles. The molecule has 4 saturated carbocycles. The molecule has 3 heteroatoms. The van der Waals surface area contributed by atoms with Gasteiger partial charge in [-0.15, -0.1) is 0 Å². The fourth-order valence-electron chi connectivity index (χ4n) is 5.25. The van der Waals surface area contributed by atoms with E-state index in [0.29, 0.717) is 12.5 Å². The molecule has 94 valence electrons. The second-order valence-electron chi connectivity index (χ2n) is 6.80. The van der Waals surface area contributed by atoms with Crippen LogP contribution in [-0.4, -0.2) is 30.6 Å². The third-order valence-electron chi connectivity index (χ3n) is 5.78. The quantitative estimate of drug-likeness (QED) is 0.784. The molecule has 4 aliphatic carbocycles. The Morgan fingerprint density at radius 2 is 1.71 bits per heavy atom. The maximum Gasteiger partial charge on any atom is 0.237 e. The van der Waals surface area contributed by atoms with Gasteiger partial charge in [0.15, 0.2) is 0 Å². The Morgan fingerprint density at radius 1 is 1.06 bits per heavy atom. The molecule has 0 aromatic rings. The van der Waals surface area contributed by atoms with Crippen LogP contribution in [0.5, 0.6) is 0 Å². The molecule has 17 heavy (non-hydrogen) atoms. The van der Waals surface area contributed by atoms with Gasteiger partial charge in [0.1, 0.15) is 0 Å². The van der Waals surface area contributed by atoms with Gasteiger partial charge in [0.2, 0.25) is 5.91 Å². The lowest BCUT2D eigenvalue weighted by Crippen LogP contribution is -2.49. The highest BCUT2D eigenvalue weighted by Crippen LogP contribution is 2.56. The molecule has 0 aromatic carbocycles. The lowest BCUT2D eigenvalue weighted by atomic mass is 9.52. The Labute approximate surface area is 103 Å². The van der Waals surface area contributed by atoms with Gasteiger partial charge in [0.05, 0.1) is 13.2 Å². The van der Waals surface area contributed by atoms with Gasteiger partial charge in [-0.3, -0.25) is 10.1 Å². The molecule has 0 atom stereocenters. The van der Waals surface area contributed by atoms with E-state index in [2.05, 4.69) is 10.2 Å². The predicted octanol–water partition coefficient (Wildman–Crippen LogP) is 1.45. The number of hydrogen-bond donors (Lipinski definition) is 1. The number of amides is 1. The van der Waals surface area contributed by atoms with E-state index >= 15 is 0 Å². The smallest absolute Gasteiger partial charge is 0.237 e. The molecule has 0 radical (unpaired) electrons. The van der Waals surface area contributed by atoms with Crippen LogP contribution in [-0.2, 0) is 4.79 Å². The molecule has 1 N–H and O–H groups in total. The molecule has 1 heterocycles. The summed E-state index contributed by atoms with van der Waals surface area (Å²) in [6.07, 6.45) is 7.38. The molecule has 5 aliphatic rings. The minimum atomic E-state index is 0.318. The van der Waals surface area contributed by atoms with E-state index in [1.165, 1.54) is 32.1 Å². The van der Waals surface area contributed by atoms with Gasteiger partial charge >= 0.3 is 0 Å². The van der Waals surface area contributed by atoms with E-state index < -0.39 is 0 Å². The first-order chi connectivity index (χ1) is 8.29. The van der Waals surface area contributed by atoms with Crippen LogP contribution in [0.15, 0.2) is 0 Å². The SMILES string of the molecule is O=C1CNCN1CC1C2CC3CC(C2)CC1C3. The third kappa shape index (κ3) is 1.62. The van der Waals surface area contributed by atoms with Crippen LogP contribution in [0.1, 0.15) is 32.1 Å². The number of nitrogens with zero attached hydrogens (tertiary/aromatic N) is 1. The molecular weight excluding hydrogens is 212 g/mol. The molecule has 5 fully saturated rings. The van der Waals surface area contributed by atoms with Crippen molar-refractivity contribution in [2.45, 2.75) is 32.1 Å². The zero-order chi connectivity index (χ0) is 11.4. The molecule has 1 aliphatic heterocycles. The highest BCUT2D eigenvalue weighted by atomic mass is 16.2. The van der Waals surface area contributed by atoms with Crippen LogP contribution in [0.3, 0.4) is 0 Å². The van der Waals surface area contributed by atoms with Gasteiger partial charge in [-0.25, -0.2) is 0 Å². The summed E-state index contributed by atoms with van der Waals surface area (Å²) >= 11 is 0. The Morgan fingerprint density at radius 3 is 2.24 bits per heavy atom. The Kier molecular flexibility index (Phi) is 2.26. The molecule has 5 rings (SSSR count). The van der Waals surface area contributed by atoms with Crippen molar-refractivity contribution in [2.75, 3.05) is 19.8 Å². The van der Waals surface area contributed by atoms with Crippen LogP contribution in [0, 0.1) is 29.6 Å². The summed E-state index contributed by atoms with van der Waals surface area (Å²) in [6, 6.07) is 0. The summed E-state index contributed by atoms with van der Waals surface area (Å²) in [5, 5.41) is 3.17. The number of nitrogens with one attached hydrogen (secondary N) is 1. The van der Waals surface area contributed by atoms with Gasteiger partial charge in [-0.1, -0.05) is 0 Å². The fraction of sp³-hybridized carbons (Fsp3) is 0.929. The summed E-state index contributed by atoms with van der Waals surface area (Å²) in [5.74, 6) is 5.12. The van der Waals surface area contributed by atoms with Crippen molar-refractivity contribution in [3.05, 3.63) is 0 Å². The molecule has 1 saturated heterocycles. The van der Waals surface area contributed by atoms with Crippen molar-refractivity contribution in [1.82, 2.24) is 10.2 Å². The summed E-state index contributed by atoms with van der Waals surface area (Å²) < 4.78 is 0. The lowest BCUT2D eigenvalue weighted by molar-refractivity contribution is -0.129. The van der Waals surface area contributed by atoms with E-state index in [1.807, 2.05) is 0 Å². The number of hydrogen-bond acceptors (Lipinski definition) is 2. The standard InChI is InChI=1S/C14H22N2O/c17-14-6-15-8-16(14)7-13-11-2-9-1-10(4-11)5-12(13)3-9/h9-13,15H,1-8H2. The zero-order valence-electron chi connectivity index (χ0n) is 10.4. The van der Waals surface area contributed by atoms with Crippen molar-refractivity contribution in [1.29, 1.82) is 0 Å². The maximum absolute atomic E-state index is 11.7. The molecule has 4 bridgehead atoms. The minimum Gasteiger partial charge on any atom is -0.329 e. The highest BCUT2D eigenvalue weighted by molar-refractivity contribution is 5.80. The monoisotopic (exact) mass is 234 g/mol. The molecule has 0 spiro atoms. The number of carbonyl (C=O) groups excluding carboxylic acids is 1. The lowest BCUT2D eigenvalue weighted by Gasteiger charge is -2.55. The third-order valence-corrected chi connectivity index (χ3v) is 5.78. The van der Waals surface area contributed by atoms with E-state index in [0.717, 1.165) is 42.8 Å². The van der Waals surface area contributed by atoms with E-state index in [1.54, 1.807) is 0 Å². The average Bonchev–Trinajstić information content (AvgIpc) is 2.68. The summed E-state index contributed by atoms with van der Waals surface area (Å²) in [6.45, 7) is 2.40. The van der Waals surface area contributed by atoms with Crippen LogP contribution < -0.4 is 5.32 Å². The van der Waals surface area contributed by atoms with Gasteiger partial charge in [0, 0.05) is 6.54 Å². The van der Waals surface area contributed by atoms with Crippen LogP contribution >= 0.6 is 0 Å². The molecule has 0 unspecified atom stereocenters. The van der Waals surface area contributed by atoms with Gasteiger partial charge in [-0.2, -0.15) is 0 Å². The summed E-state index contributed by atoms with van der Waals surface area (Å²) in [4.78, 5) is 13.8. The Balaban J connectivity index is 1.49. The molecule has 3 nitrogen and oxygen atoms in total. The van der Waals surface area contributed by atoms with Crippen molar-refractivity contribution < 1.29 is 4.79 Å². The normalized spacial score (nSPS) is 48.1. The van der Waals surface area contributed by atoms with E-state index in [4.69, 9.17) is 0 Å². The minimum absolute atomic E-state index is 0.318. The number of carbonyl (C=O) groups is 1. The van der Waals surface area contributed by atoms with Crippen molar-refractivity contribution in [3.63, 3.8) is 0 Å². The van der Waals surface area contributed by atoms with Crippen LogP contribution in [0.25, 0.3) is 0 Å². The first kappa shape index (κ1) is 10.4. The topological polar surface area (TPSA) is 32.3 Å². The van der Waals surface area contributed by atoms with Crippen molar-refractivity contribution in [3.8, 4) is 0 Å². The first-order valence-electron chi connectivity index (χ1n) is 7.28. The highest BCUT2D eigenvalue weighted by Gasteiger charge is 2.48. The van der Waals surface area contributed by atoms with E-state index in [9.17, 15) is 4.79 Å². The largest absolute Gasteiger partial charge is 0.329 e. The first-order valence-corrected chi connectivity index (χ1v) is 7.28. The van der Waals surface area contributed by atoms with Gasteiger partial charge < -0.3 is 4.90 Å². The number of rotatable bonds is 2. The Hall–Kier alpha value is -0.570. The van der Waals surface area contributed by atoms with Gasteiger partial charge in [0.25, 0.3) is 0 Å². The van der Waals surface area contributed by atoms with Crippen molar-refractivity contribution in [2.24, 2.45) is 29.6 Å². The second kappa shape index (κ2) is 3.71. The van der Waals surface area contributed by atoms with Crippen molar-refractivity contribution >= 4 is 5.91 Å². The van der Waals surface area contributed by atoms with Crippen LogP contribution in [0.2, 0.25) is 0 Å². The molecular formula is C14H22N2O. The fourth-order valence-corrected chi connectivity index (χ4v) is 5.25. The summed E-state index contributed by atoms with van der Waals surface area (Å²) in [5.41, 5.74) is 0. The maximum atomic E-state index is 11.7. The van der Waals surface area contributed by atoms with E-state index in [-0.39, 0.29) is 0 Å². The average molecular weight is 234 g/mol. The predicted molar refractivity (Wildman–Crippen MR) is 65.1 cm³/mol. The zero-order valence-corrected chi connectivity index (χ0v) is 10.4. The van der Waals surface area contributed by atoms with Crippen LogP contribution in [0.4, 0.5) is 0 Å². The molecule has 1 amide bonds. The Bertz CT molecular complexity index is 313.